The van der Waals surface area contributed by atoms with Crippen LogP contribution in [-0.2, 0) is 19.9 Å². The van der Waals surface area contributed by atoms with Crippen LogP contribution in [0.4, 0.5) is 8.78 Å². The molecule has 4 rings (SSSR count). The quantitative estimate of drug-likeness (QED) is 0.408. The second-order valence-electron chi connectivity index (χ2n) is 7.05. The Morgan fingerprint density at radius 2 is 2.03 bits per heavy atom. The van der Waals surface area contributed by atoms with Gasteiger partial charge in [0.05, 0.1) is 18.1 Å². The summed E-state index contributed by atoms with van der Waals surface area (Å²) in [6.45, 7) is -1.04. The SMILES string of the molecule is Cc1cc(C2(c3cccc(-c4cncc(Cl)n4)c3)COC(NOC=O)=N2)ccc1OC(F)F. The summed E-state index contributed by atoms with van der Waals surface area (Å²) in [5.74, 6) is 0.0531. The molecule has 1 unspecified atom stereocenters. The van der Waals surface area contributed by atoms with Crippen LogP contribution in [0.25, 0.3) is 11.3 Å². The molecule has 0 radical (unpaired) electrons. The van der Waals surface area contributed by atoms with Gasteiger partial charge in [0.1, 0.15) is 17.5 Å². The Hall–Kier alpha value is -3.79. The van der Waals surface area contributed by atoms with Crippen LogP contribution in [-0.4, -0.2) is 35.7 Å². The molecule has 0 amide bonds. The van der Waals surface area contributed by atoms with Gasteiger partial charge in [0.25, 0.3) is 0 Å². The lowest BCUT2D eigenvalue weighted by molar-refractivity contribution is -0.132. The zero-order chi connectivity index (χ0) is 23.4. The summed E-state index contributed by atoms with van der Waals surface area (Å²) in [4.78, 5) is 28.1. The van der Waals surface area contributed by atoms with Crippen molar-refractivity contribution in [2.75, 3.05) is 6.61 Å². The predicted octanol–water partition coefficient (Wildman–Crippen LogP) is 4.01. The van der Waals surface area contributed by atoms with Gasteiger partial charge in [-0.15, -0.1) is 0 Å². The average molecular weight is 475 g/mol. The fourth-order valence-corrected chi connectivity index (χ4v) is 3.70. The molecule has 1 aliphatic heterocycles. The number of rotatable bonds is 7. The Balaban J connectivity index is 1.82. The minimum atomic E-state index is -2.94. The molecule has 33 heavy (non-hydrogen) atoms. The third kappa shape index (κ3) is 4.70. The first kappa shape index (κ1) is 22.4. The number of benzene rings is 2. The molecular formula is C22H17ClF2N4O4. The van der Waals surface area contributed by atoms with Gasteiger partial charge in [-0.3, -0.25) is 9.78 Å². The molecule has 0 saturated carbocycles. The van der Waals surface area contributed by atoms with Crippen LogP contribution in [0.15, 0.2) is 59.9 Å². The Bertz CT molecular complexity index is 1210. The predicted molar refractivity (Wildman–Crippen MR) is 115 cm³/mol. The third-order valence-corrected chi connectivity index (χ3v) is 5.20. The second kappa shape index (κ2) is 9.37. The summed E-state index contributed by atoms with van der Waals surface area (Å²) in [7, 11) is 0. The third-order valence-electron chi connectivity index (χ3n) is 5.01. The van der Waals surface area contributed by atoms with Crippen molar-refractivity contribution in [3.8, 4) is 17.0 Å². The van der Waals surface area contributed by atoms with Crippen molar-refractivity contribution < 1.29 is 27.9 Å². The lowest BCUT2D eigenvalue weighted by Gasteiger charge is -2.26. The lowest BCUT2D eigenvalue weighted by Crippen LogP contribution is -2.27. The minimum Gasteiger partial charge on any atom is -0.460 e. The number of aryl methyl sites for hydroxylation is 1. The zero-order valence-corrected chi connectivity index (χ0v) is 17.9. The first-order valence-corrected chi connectivity index (χ1v) is 10.0. The maximum absolute atomic E-state index is 12.7. The van der Waals surface area contributed by atoms with Crippen LogP contribution in [0.1, 0.15) is 16.7 Å². The molecule has 170 valence electrons. The van der Waals surface area contributed by atoms with Crippen LogP contribution < -0.4 is 10.2 Å². The molecule has 0 saturated heterocycles. The number of alkyl halides is 2. The van der Waals surface area contributed by atoms with Crippen LogP contribution in [0.2, 0.25) is 5.15 Å². The Labute approximate surface area is 192 Å². The van der Waals surface area contributed by atoms with Gasteiger partial charge in [0.15, 0.2) is 5.54 Å². The van der Waals surface area contributed by atoms with Gasteiger partial charge in [-0.2, -0.15) is 14.3 Å². The second-order valence-corrected chi connectivity index (χ2v) is 7.44. The van der Waals surface area contributed by atoms with E-state index in [1.54, 1.807) is 25.3 Å². The van der Waals surface area contributed by atoms with Crippen molar-refractivity contribution in [1.29, 1.82) is 0 Å². The maximum atomic E-state index is 12.7. The molecule has 0 fully saturated rings. The van der Waals surface area contributed by atoms with E-state index in [0.717, 1.165) is 5.56 Å². The molecule has 0 spiro atoms. The topological polar surface area (TPSA) is 94.9 Å². The number of ether oxygens (including phenoxy) is 2. The van der Waals surface area contributed by atoms with Gasteiger partial charge >= 0.3 is 19.1 Å². The molecular weight excluding hydrogens is 458 g/mol. The molecule has 1 aliphatic rings. The van der Waals surface area contributed by atoms with E-state index in [2.05, 4.69) is 30.0 Å². The van der Waals surface area contributed by atoms with E-state index in [1.165, 1.54) is 12.3 Å². The molecule has 2 aromatic carbocycles. The van der Waals surface area contributed by atoms with E-state index in [9.17, 15) is 13.6 Å². The highest BCUT2D eigenvalue weighted by atomic mass is 35.5. The average Bonchev–Trinajstić information content (AvgIpc) is 3.24. The maximum Gasteiger partial charge on any atom is 0.387 e. The van der Waals surface area contributed by atoms with Crippen molar-refractivity contribution >= 4 is 24.1 Å². The van der Waals surface area contributed by atoms with E-state index in [4.69, 9.17) is 16.3 Å². The normalized spacial score (nSPS) is 17.3. The van der Waals surface area contributed by atoms with Gasteiger partial charge < -0.3 is 14.3 Å². The largest absolute Gasteiger partial charge is 0.460 e. The number of carbonyl (C=O) groups excluding carboxylic acids is 1. The fourth-order valence-electron chi connectivity index (χ4n) is 3.55. The summed E-state index contributed by atoms with van der Waals surface area (Å²) >= 11 is 5.99. The number of aromatic nitrogens is 2. The molecule has 0 bridgehead atoms. The van der Waals surface area contributed by atoms with Crippen molar-refractivity contribution in [3.05, 3.63) is 76.7 Å². The molecule has 0 aliphatic carbocycles. The first-order valence-electron chi connectivity index (χ1n) is 9.63. The number of aliphatic imine (C=N–C) groups is 1. The molecule has 1 aromatic heterocycles. The van der Waals surface area contributed by atoms with Gasteiger partial charge in [0, 0.05) is 5.56 Å². The van der Waals surface area contributed by atoms with E-state index < -0.39 is 12.2 Å². The van der Waals surface area contributed by atoms with E-state index in [0.29, 0.717) is 22.4 Å². The van der Waals surface area contributed by atoms with Crippen molar-refractivity contribution in [2.45, 2.75) is 19.1 Å². The number of hydrogen-bond donors (Lipinski definition) is 1. The number of nitrogens with one attached hydrogen (secondary N) is 1. The highest BCUT2D eigenvalue weighted by molar-refractivity contribution is 6.29. The minimum absolute atomic E-state index is 0.0133. The summed E-state index contributed by atoms with van der Waals surface area (Å²) in [6, 6.07) is 12.1. The number of carbonyl (C=O) groups is 1. The smallest absolute Gasteiger partial charge is 0.387 e. The molecule has 1 atom stereocenters. The summed E-state index contributed by atoms with van der Waals surface area (Å²) < 4.78 is 35.6. The van der Waals surface area contributed by atoms with Crippen LogP contribution in [0.3, 0.4) is 0 Å². The number of hydroxylamine groups is 1. The number of halogens is 3. The van der Waals surface area contributed by atoms with Crippen molar-refractivity contribution in [3.63, 3.8) is 0 Å². The number of hydrogen-bond acceptors (Lipinski definition) is 8. The number of nitrogens with zero attached hydrogens (tertiary/aromatic N) is 3. The Kier molecular flexibility index (Phi) is 6.36. The lowest BCUT2D eigenvalue weighted by atomic mass is 9.83. The van der Waals surface area contributed by atoms with Crippen LogP contribution >= 0.6 is 11.6 Å². The van der Waals surface area contributed by atoms with Gasteiger partial charge in [-0.25, -0.2) is 9.98 Å². The first-order chi connectivity index (χ1) is 15.9. The van der Waals surface area contributed by atoms with E-state index in [1.807, 2.05) is 24.3 Å². The van der Waals surface area contributed by atoms with E-state index >= 15 is 0 Å². The molecule has 2 heterocycles. The van der Waals surface area contributed by atoms with E-state index in [-0.39, 0.29) is 30.0 Å². The fraction of sp³-hybridized carbons (Fsp3) is 0.182. The summed E-state index contributed by atoms with van der Waals surface area (Å²) in [6.07, 6.45) is 3.01. The monoisotopic (exact) mass is 474 g/mol. The highest BCUT2D eigenvalue weighted by Gasteiger charge is 2.41. The molecule has 3 aromatic rings. The van der Waals surface area contributed by atoms with Crippen molar-refractivity contribution in [2.24, 2.45) is 4.99 Å². The van der Waals surface area contributed by atoms with Crippen LogP contribution in [0, 0.1) is 6.92 Å². The van der Waals surface area contributed by atoms with Crippen LogP contribution in [0.5, 0.6) is 5.75 Å². The molecule has 8 nitrogen and oxygen atoms in total. The van der Waals surface area contributed by atoms with Gasteiger partial charge in [-0.1, -0.05) is 35.9 Å². The van der Waals surface area contributed by atoms with Gasteiger partial charge in [0.2, 0.25) is 0 Å². The Morgan fingerprint density at radius 1 is 1.21 bits per heavy atom. The van der Waals surface area contributed by atoms with Crippen molar-refractivity contribution in [1.82, 2.24) is 15.4 Å². The highest BCUT2D eigenvalue weighted by Crippen LogP contribution is 2.40. The Morgan fingerprint density at radius 3 is 2.76 bits per heavy atom. The molecule has 1 N–H and O–H groups in total. The number of amidine groups is 1. The summed E-state index contributed by atoms with van der Waals surface area (Å²) in [5.41, 5.74) is 4.40. The summed E-state index contributed by atoms with van der Waals surface area (Å²) in [5, 5.41) is 0.248. The van der Waals surface area contributed by atoms with Gasteiger partial charge in [-0.05, 0) is 41.8 Å². The standard InChI is InChI=1S/C22H17ClF2N4O4/c1-13-7-16(5-6-18(13)33-20(24)25)22(11-31-21(28-22)29-32-12-30)15-4-2-3-14(8-15)17-9-26-10-19(23)27-17/h2-10,12,20H,11H2,1H3,(H,28,29). The zero-order valence-electron chi connectivity index (χ0n) is 17.2. The molecule has 11 heteroatoms.